The van der Waals surface area contributed by atoms with Crippen molar-refractivity contribution in [1.29, 1.82) is 0 Å². The van der Waals surface area contributed by atoms with Gasteiger partial charge in [-0.25, -0.2) is 9.59 Å². The van der Waals surface area contributed by atoms with Crippen LogP contribution in [0.5, 0.6) is 0 Å². The quantitative estimate of drug-likeness (QED) is 0.672. The molecular formula is C22H31N7O2. The van der Waals surface area contributed by atoms with E-state index in [0.29, 0.717) is 24.8 Å². The SMILES string of the molecule is Cc1cc(NC(=O)N2CCNCC2)nc(=O)n1-c1ccc(CN2CCC(N)CC2)cc1. The van der Waals surface area contributed by atoms with Crippen LogP contribution in [-0.4, -0.2) is 70.7 Å². The van der Waals surface area contributed by atoms with Gasteiger partial charge in [-0.05, 0) is 50.6 Å². The summed E-state index contributed by atoms with van der Waals surface area (Å²) in [5.41, 5.74) is 8.26. The third-order valence-corrected chi connectivity index (χ3v) is 5.98. The zero-order chi connectivity index (χ0) is 21.8. The van der Waals surface area contributed by atoms with Gasteiger partial charge in [0.15, 0.2) is 0 Å². The van der Waals surface area contributed by atoms with Crippen molar-refractivity contribution in [2.45, 2.75) is 32.4 Å². The Labute approximate surface area is 182 Å². The molecule has 9 heteroatoms. The molecule has 0 unspecified atom stereocenters. The molecule has 0 spiro atoms. The molecule has 0 saturated carbocycles. The van der Waals surface area contributed by atoms with E-state index >= 15 is 0 Å². The molecule has 4 N–H and O–H groups in total. The Balaban J connectivity index is 1.44. The Bertz CT molecular complexity index is 959. The van der Waals surface area contributed by atoms with Gasteiger partial charge in [0.05, 0.1) is 5.69 Å². The number of aryl methyl sites for hydroxylation is 1. The number of carbonyl (C=O) groups excluding carboxylic acids is 1. The van der Waals surface area contributed by atoms with Crippen LogP contribution in [0.15, 0.2) is 35.1 Å². The minimum Gasteiger partial charge on any atom is -0.328 e. The predicted molar refractivity (Wildman–Crippen MR) is 121 cm³/mol. The normalized spacial score (nSPS) is 18.2. The molecule has 2 saturated heterocycles. The van der Waals surface area contributed by atoms with Crippen molar-refractivity contribution in [3.05, 3.63) is 52.1 Å². The van der Waals surface area contributed by atoms with Crippen LogP contribution in [0.25, 0.3) is 5.69 Å². The van der Waals surface area contributed by atoms with Crippen LogP contribution in [0.3, 0.4) is 0 Å². The van der Waals surface area contributed by atoms with Gasteiger partial charge in [-0.3, -0.25) is 14.8 Å². The van der Waals surface area contributed by atoms with E-state index in [4.69, 9.17) is 5.73 Å². The van der Waals surface area contributed by atoms with E-state index in [9.17, 15) is 9.59 Å². The van der Waals surface area contributed by atoms with E-state index in [1.165, 1.54) is 5.56 Å². The summed E-state index contributed by atoms with van der Waals surface area (Å²) in [6.07, 6.45) is 2.08. The van der Waals surface area contributed by atoms with Crippen molar-refractivity contribution in [2.24, 2.45) is 5.73 Å². The van der Waals surface area contributed by atoms with Crippen molar-refractivity contribution >= 4 is 11.8 Å². The van der Waals surface area contributed by atoms with Crippen molar-refractivity contribution in [2.75, 3.05) is 44.6 Å². The number of hydrogen-bond acceptors (Lipinski definition) is 6. The minimum absolute atomic E-state index is 0.228. The molecule has 9 nitrogen and oxygen atoms in total. The molecule has 2 aliphatic rings. The minimum atomic E-state index is -0.409. The lowest BCUT2D eigenvalue weighted by Crippen LogP contribution is -2.48. The smallest absolute Gasteiger partial charge is 0.328 e. The highest BCUT2D eigenvalue weighted by atomic mass is 16.2. The maximum Gasteiger partial charge on any atom is 0.354 e. The monoisotopic (exact) mass is 425 g/mol. The maximum absolute atomic E-state index is 12.7. The first-order valence-electron chi connectivity index (χ1n) is 10.9. The lowest BCUT2D eigenvalue weighted by molar-refractivity contribution is 0.204. The molecule has 0 atom stereocenters. The molecular weight excluding hydrogens is 394 g/mol. The summed E-state index contributed by atoms with van der Waals surface area (Å²) in [6, 6.07) is 9.82. The lowest BCUT2D eigenvalue weighted by Gasteiger charge is -2.30. The number of piperazine rings is 1. The Morgan fingerprint density at radius 1 is 1.16 bits per heavy atom. The number of carbonyl (C=O) groups is 1. The summed E-state index contributed by atoms with van der Waals surface area (Å²) in [5, 5.41) is 5.96. The molecule has 2 fully saturated rings. The van der Waals surface area contributed by atoms with Gasteiger partial charge >= 0.3 is 11.7 Å². The van der Waals surface area contributed by atoms with E-state index in [2.05, 4.69) is 32.7 Å². The molecule has 2 aliphatic heterocycles. The number of aromatic nitrogens is 2. The number of benzene rings is 1. The van der Waals surface area contributed by atoms with Crippen LogP contribution < -0.4 is 22.1 Å². The number of anilines is 1. The summed E-state index contributed by atoms with van der Waals surface area (Å²) in [4.78, 5) is 33.3. The molecule has 2 amide bonds. The van der Waals surface area contributed by atoms with Crippen molar-refractivity contribution in [3.63, 3.8) is 0 Å². The molecule has 31 heavy (non-hydrogen) atoms. The molecule has 0 radical (unpaired) electrons. The van der Waals surface area contributed by atoms with Crippen LogP contribution in [0, 0.1) is 6.92 Å². The Kier molecular flexibility index (Phi) is 6.64. The van der Waals surface area contributed by atoms with Crippen LogP contribution in [0.2, 0.25) is 0 Å². The third-order valence-electron chi connectivity index (χ3n) is 5.98. The Morgan fingerprint density at radius 2 is 1.84 bits per heavy atom. The zero-order valence-electron chi connectivity index (χ0n) is 18.0. The van der Waals surface area contributed by atoms with Crippen molar-refractivity contribution in [3.8, 4) is 5.69 Å². The molecule has 2 aromatic rings. The average molecular weight is 426 g/mol. The fraction of sp³-hybridized carbons (Fsp3) is 0.500. The molecule has 3 heterocycles. The van der Waals surface area contributed by atoms with Crippen molar-refractivity contribution < 1.29 is 4.79 Å². The van der Waals surface area contributed by atoms with E-state index in [1.54, 1.807) is 15.5 Å². The molecule has 0 aliphatic carbocycles. The number of nitrogens with zero attached hydrogens (tertiary/aromatic N) is 4. The predicted octanol–water partition coefficient (Wildman–Crippen LogP) is 0.901. The maximum atomic E-state index is 12.7. The summed E-state index contributed by atoms with van der Waals surface area (Å²) in [5.74, 6) is 0.280. The first-order valence-corrected chi connectivity index (χ1v) is 10.9. The zero-order valence-corrected chi connectivity index (χ0v) is 18.0. The summed E-state index contributed by atoms with van der Waals surface area (Å²) >= 11 is 0. The molecule has 1 aromatic carbocycles. The second-order valence-corrected chi connectivity index (χ2v) is 8.35. The van der Waals surface area contributed by atoms with E-state index < -0.39 is 5.69 Å². The number of urea groups is 1. The Hall–Kier alpha value is -2.75. The summed E-state index contributed by atoms with van der Waals surface area (Å²) in [6.45, 7) is 7.58. The van der Waals surface area contributed by atoms with Crippen molar-refractivity contribution in [1.82, 2.24) is 24.7 Å². The highest BCUT2D eigenvalue weighted by Gasteiger charge is 2.18. The van der Waals surface area contributed by atoms with Gasteiger partial charge in [-0.15, -0.1) is 0 Å². The van der Waals surface area contributed by atoms with Crippen LogP contribution in [0.4, 0.5) is 10.6 Å². The van der Waals surface area contributed by atoms with Gasteiger partial charge in [0.1, 0.15) is 5.82 Å². The molecule has 166 valence electrons. The first kappa shape index (κ1) is 21.5. The molecule has 0 bridgehead atoms. The lowest BCUT2D eigenvalue weighted by atomic mass is 10.1. The largest absolute Gasteiger partial charge is 0.354 e. The highest BCUT2D eigenvalue weighted by molar-refractivity contribution is 5.88. The van der Waals surface area contributed by atoms with E-state index in [-0.39, 0.29) is 11.8 Å². The number of piperidine rings is 1. The highest BCUT2D eigenvalue weighted by Crippen LogP contribution is 2.16. The molecule has 1 aromatic heterocycles. The number of nitrogens with two attached hydrogens (primary N) is 1. The van der Waals surface area contributed by atoms with Crippen LogP contribution in [-0.2, 0) is 6.54 Å². The summed E-state index contributed by atoms with van der Waals surface area (Å²) < 4.78 is 1.56. The van der Waals surface area contributed by atoms with Crippen LogP contribution >= 0.6 is 0 Å². The second-order valence-electron chi connectivity index (χ2n) is 8.35. The third kappa shape index (κ3) is 5.30. The van der Waals surface area contributed by atoms with E-state index in [0.717, 1.165) is 51.3 Å². The van der Waals surface area contributed by atoms with E-state index in [1.807, 2.05) is 19.1 Å². The molecule has 4 rings (SSSR count). The first-order chi connectivity index (χ1) is 15.0. The van der Waals surface area contributed by atoms with Gasteiger partial charge in [0.25, 0.3) is 0 Å². The van der Waals surface area contributed by atoms with Gasteiger partial charge in [-0.2, -0.15) is 4.98 Å². The number of likely N-dealkylation sites (tertiary alicyclic amines) is 1. The second kappa shape index (κ2) is 9.59. The number of rotatable bonds is 4. The fourth-order valence-corrected chi connectivity index (χ4v) is 4.15. The fourth-order valence-electron chi connectivity index (χ4n) is 4.15. The van der Waals surface area contributed by atoms with Crippen LogP contribution in [0.1, 0.15) is 24.1 Å². The summed E-state index contributed by atoms with van der Waals surface area (Å²) in [7, 11) is 0. The number of amides is 2. The average Bonchev–Trinajstić information content (AvgIpc) is 2.77. The van der Waals surface area contributed by atoms with Gasteiger partial charge < -0.3 is 16.0 Å². The number of nitrogens with one attached hydrogen (secondary N) is 2. The standard InChI is InChI=1S/C22H31N7O2/c1-16-14-20(25-21(30)28-12-8-24-9-13-28)26-22(31)29(16)19-4-2-17(3-5-19)15-27-10-6-18(23)7-11-27/h2-5,14,18,24H,6-13,15,23H2,1H3,(H,25,26,30,31). The number of hydrogen-bond donors (Lipinski definition) is 3. The Morgan fingerprint density at radius 3 is 2.48 bits per heavy atom. The van der Waals surface area contributed by atoms with Gasteiger partial charge in [0.2, 0.25) is 0 Å². The van der Waals surface area contributed by atoms with Gasteiger partial charge in [0, 0.05) is 50.5 Å². The topological polar surface area (TPSA) is 109 Å². The van der Waals surface area contributed by atoms with Gasteiger partial charge in [-0.1, -0.05) is 12.1 Å².